The first-order valence-electron chi connectivity index (χ1n) is 10.0. The first-order valence-corrected chi connectivity index (χ1v) is 10.0. The fraction of sp³-hybridized carbons (Fsp3) is 0.571. The lowest BCUT2D eigenvalue weighted by atomic mass is 9.91. The van der Waals surface area contributed by atoms with Gasteiger partial charge in [0.05, 0.1) is 25.4 Å². The predicted molar refractivity (Wildman–Crippen MR) is 108 cm³/mol. The summed E-state index contributed by atoms with van der Waals surface area (Å²) in [6.45, 7) is 1.09. The van der Waals surface area contributed by atoms with E-state index in [1.54, 1.807) is 0 Å². The summed E-state index contributed by atoms with van der Waals surface area (Å²) in [5.74, 6) is 0.529. The van der Waals surface area contributed by atoms with Crippen LogP contribution in [0.1, 0.15) is 44.9 Å². The van der Waals surface area contributed by atoms with Crippen LogP contribution in [0.3, 0.4) is 0 Å². The zero-order valence-corrected chi connectivity index (χ0v) is 15.7. The molecule has 2 heterocycles. The van der Waals surface area contributed by atoms with E-state index in [1.165, 1.54) is 25.7 Å². The summed E-state index contributed by atoms with van der Waals surface area (Å²) in [5, 5.41) is 14.4. The van der Waals surface area contributed by atoms with E-state index in [9.17, 15) is 9.90 Å². The van der Waals surface area contributed by atoms with Crippen molar-refractivity contribution < 1.29 is 14.6 Å². The number of anilines is 1. The average molecular weight is 366 g/mol. The smallest absolute Gasteiger partial charge is 0.224 e. The second-order valence-corrected chi connectivity index (χ2v) is 8.24. The maximum atomic E-state index is 12.7. The van der Waals surface area contributed by atoms with Gasteiger partial charge in [-0.15, -0.1) is 0 Å². The Morgan fingerprint density at radius 1 is 1.26 bits per heavy atom. The van der Waals surface area contributed by atoms with Crippen LogP contribution in [0, 0.1) is 5.92 Å². The maximum absolute atomic E-state index is 12.7. The van der Waals surface area contributed by atoms with Crippen LogP contribution in [0.2, 0.25) is 0 Å². The summed E-state index contributed by atoms with van der Waals surface area (Å²) >= 11 is 0. The minimum atomic E-state index is -0.849. The van der Waals surface area contributed by atoms with Gasteiger partial charge in [-0.3, -0.25) is 4.79 Å². The van der Waals surface area contributed by atoms with Gasteiger partial charge in [-0.25, -0.2) is 0 Å². The van der Waals surface area contributed by atoms with E-state index < -0.39 is 5.60 Å². The maximum Gasteiger partial charge on any atom is 0.224 e. The topological polar surface area (TPSA) is 63.5 Å². The van der Waals surface area contributed by atoms with Crippen LogP contribution in [0.25, 0.3) is 10.9 Å². The molecule has 2 fully saturated rings. The number of carbonyl (C=O) groups is 1. The second-order valence-electron chi connectivity index (χ2n) is 8.24. The minimum absolute atomic E-state index is 0.0508. The van der Waals surface area contributed by atoms with Crippen molar-refractivity contribution in [2.24, 2.45) is 5.92 Å². The Kier molecular flexibility index (Phi) is 5.28. The van der Waals surface area contributed by atoms with Gasteiger partial charge in [0.15, 0.2) is 0 Å². The van der Waals surface area contributed by atoms with Gasteiger partial charge in [-0.2, -0.15) is 0 Å². The first-order chi connectivity index (χ1) is 13.0. The fourth-order valence-corrected chi connectivity index (χ4v) is 4.38. The van der Waals surface area contributed by atoms with Gasteiger partial charge in [0.25, 0.3) is 0 Å². The molecule has 1 aromatic heterocycles. The SMILES string of the molecule is [B]c1cccc2c1c(NC(=O)CC1CCCCCC1)cn2CC1(O)COC1. The normalized spacial score (nSPS) is 20.2. The van der Waals surface area contributed by atoms with Crippen molar-refractivity contribution in [1.29, 1.82) is 0 Å². The molecular weight excluding hydrogens is 339 g/mol. The monoisotopic (exact) mass is 366 g/mol. The third kappa shape index (κ3) is 4.07. The standard InChI is InChI=1S/C21H27BN2O3/c22-16-8-5-9-18-20(16)17(11-24(18)12-21(26)13-27-14-21)23-19(25)10-15-6-3-1-2-4-7-15/h5,8-9,11,15,26H,1-4,6-7,10,12-14H2,(H,23,25). The van der Waals surface area contributed by atoms with E-state index in [1.807, 2.05) is 29.0 Å². The van der Waals surface area contributed by atoms with Crippen LogP contribution in [0.15, 0.2) is 24.4 Å². The number of hydrogen-bond donors (Lipinski definition) is 2. The van der Waals surface area contributed by atoms with Crippen LogP contribution in [0.4, 0.5) is 5.69 Å². The van der Waals surface area contributed by atoms with Gasteiger partial charge in [-0.1, -0.05) is 43.3 Å². The molecule has 1 aromatic carbocycles. The highest BCUT2D eigenvalue weighted by Gasteiger charge is 2.37. The average Bonchev–Trinajstić information content (AvgIpc) is 2.78. The van der Waals surface area contributed by atoms with Crippen LogP contribution >= 0.6 is 0 Å². The summed E-state index contributed by atoms with van der Waals surface area (Å²) in [7, 11) is 6.21. The predicted octanol–water partition coefficient (Wildman–Crippen LogP) is 2.50. The Morgan fingerprint density at radius 2 is 2.00 bits per heavy atom. The third-order valence-electron chi connectivity index (χ3n) is 5.87. The zero-order valence-electron chi connectivity index (χ0n) is 15.7. The molecule has 27 heavy (non-hydrogen) atoms. The molecule has 0 spiro atoms. The number of rotatable bonds is 5. The van der Waals surface area contributed by atoms with Crippen LogP contribution < -0.4 is 10.8 Å². The van der Waals surface area contributed by atoms with E-state index in [0.717, 1.165) is 29.4 Å². The van der Waals surface area contributed by atoms with Gasteiger partial charge < -0.3 is 19.7 Å². The molecule has 1 saturated carbocycles. The lowest BCUT2D eigenvalue weighted by Gasteiger charge is -2.36. The Bertz CT molecular complexity index is 820. The number of nitrogens with zero attached hydrogens (tertiary/aromatic N) is 1. The van der Waals surface area contributed by atoms with Crippen molar-refractivity contribution in [2.75, 3.05) is 18.5 Å². The van der Waals surface area contributed by atoms with Gasteiger partial charge >= 0.3 is 0 Å². The van der Waals surface area contributed by atoms with Crippen molar-refractivity contribution in [1.82, 2.24) is 4.57 Å². The van der Waals surface area contributed by atoms with E-state index in [2.05, 4.69) is 5.32 Å². The van der Waals surface area contributed by atoms with Gasteiger partial charge in [-0.05, 0) is 24.8 Å². The van der Waals surface area contributed by atoms with Gasteiger partial charge in [0.2, 0.25) is 5.91 Å². The summed E-state index contributed by atoms with van der Waals surface area (Å²) in [5.41, 5.74) is 1.43. The Morgan fingerprint density at radius 3 is 2.67 bits per heavy atom. The molecule has 1 aliphatic carbocycles. The van der Waals surface area contributed by atoms with Gasteiger partial charge in [0.1, 0.15) is 13.4 Å². The lowest BCUT2D eigenvalue weighted by molar-refractivity contribution is -0.184. The summed E-state index contributed by atoms with van der Waals surface area (Å²) < 4.78 is 7.12. The second kappa shape index (κ2) is 7.68. The highest BCUT2D eigenvalue weighted by atomic mass is 16.5. The zero-order chi connectivity index (χ0) is 18.9. The number of benzene rings is 1. The fourth-order valence-electron chi connectivity index (χ4n) is 4.38. The van der Waals surface area contributed by atoms with E-state index in [4.69, 9.17) is 12.6 Å². The molecule has 0 unspecified atom stereocenters. The molecule has 5 nitrogen and oxygen atoms in total. The van der Waals surface area contributed by atoms with E-state index >= 15 is 0 Å². The number of fused-ring (bicyclic) bond motifs is 1. The number of aromatic nitrogens is 1. The van der Waals surface area contributed by atoms with Crippen molar-refractivity contribution in [2.45, 2.75) is 57.1 Å². The Balaban J connectivity index is 1.54. The summed E-state index contributed by atoms with van der Waals surface area (Å²) in [4.78, 5) is 12.7. The van der Waals surface area contributed by atoms with Crippen molar-refractivity contribution >= 4 is 35.8 Å². The molecular formula is C21H27BN2O3. The molecule has 2 aliphatic rings. The molecule has 2 N–H and O–H groups in total. The molecule has 0 bridgehead atoms. The number of carbonyl (C=O) groups excluding carboxylic acids is 1. The van der Waals surface area contributed by atoms with E-state index in [-0.39, 0.29) is 5.91 Å². The van der Waals surface area contributed by atoms with Gasteiger partial charge in [0, 0.05) is 23.5 Å². The third-order valence-corrected chi connectivity index (χ3v) is 5.87. The van der Waals surface area contributed by atoms with Crippen molar-refractivity contribution in [3.8, 4) is 0 Å². The molecule has 2 radical (unpaired) electrons. The molecule has 1 aliphatic heterocycles. The molecule has 142 valence electrons. The largest absolute Gasteiger partial charge is 0.383 e. The van der Waals surface area contributed by atoms with Crippen LogP contribution in [-0.2, 0) is 16.1 Å². The summed E-state index contributed by atoms with van der Waals surface area (Å²) in [6, 6.07) is 5.71. The Hall–Kier alpha value is -1.79. The quantitative estimate of drug-likeness (QED) is 0.631. The highest BCUT2D eigenvalue weighted by molar-refractivity contribution is 6.40. The first kappa shape index (κ1) is 18.6. The number of ether oxygens (including phenoxy) is 1. The lowest BCUT2D eigenvalue weighted by Crippen LogP contribution is -2.52. The molecule has 2 aromatic rings. The highest BCUT2D eigenvalue weighted by Crippen LogP contribution is 2.30. The number of nitrogens with one attached hydrogen (secondary N) is 1. The van der Waals surface area contributed by atoms with Crippen LogP contribution in [0.5, 0.6) is 0 Å². The molecule has 1 saturated heterocycles. The number of aliphatic hydroxyl groups is 1. The van der Waals surface area contributed by atoms with E-state index in [0.29, 0.717) is 37.6 Å². The molecule has 6 heteroatoms. The van der Waals surface area contributed by atoms with Crippen molar-refractivity contribution in [3.05, 3.63) is 24.4 Å². The van der Waals surface area contributed by atoms with Crippen LogP contribution in [-0.4, -0.2) is 42.2 Å². The molecule has 4 rings (SSSR count). The molecule has 0 atom stereocenters. The molecule has 1 amide bonds. The van der Waals surface area contributed by atoms with Crippen molar-refractivity contribution in [3.63, 3.8) is 0 Å². The summed E-state index contributed by atoms with van der Waals surface area (Å²) in [6.07, 6.45) is 9.77. The number of hydrogen-bond acceptors (Lipinski definition) is 3. The Labute approximate surface area is 161 Å². The minimum Gasteiger partial charge on any atom is -0.383 e. The number of amides is 1.